The summed E-state index contributed by atoms with van der Waals surface area (Å²) in [5.74, 6) is -0.484. The molecule has 1 aliphatic rings. The van der Waals surface area contributed by atoms with E-state index in [9.17, 15) is 9.59 Å². The van der Waals surface area contributed by atoms with E-state index in [0.717, 1.165) is 16.5 Å². The number of amides is 2. The zero-order valence-electron chi connectivity index (χ0n) is 11.7. The number of hydrogen-bond donors (Lipinski definition) is 0. The first kappa shape index (κ1) is 12.7. The van der Waals surface area contributed by atoms with Gasteiger partial charge in [0.25, 0.3) is 11.8 Å². The molecule has 0 bridgehead atoms. The first-order valence-electron chi connectivity index (χ1n) is 7.03. The van der Waals surface area contributed by atoms with Crippen molar-refractivity contribution in [2.75, 3.05) is 0 Å². The predicted octanol–water partition coefficient (Wildman–Crippen LogP) is 3.03. The minimum absolute atomic E-state index is 0.240. The van der Waals surface area contributed by atoms with Crippen molar-refractivity contribution in [3.63, 3.8) is 0 Å². The Balaban J connectivity index is 1.69. The summed E-state index contributed by atoms with van der Waals surface area (Å²) in [7, 11) is 0. The molecule has 2 heterocycles. The molecule has 0 saturated carbocycles. The molecule has 0 N–H and O–H groups in total. The topological polar surface area (TPSA) is 50.3 Å². The molecule has 1 aromatic heterocycles. The van der Waals surface area contributed by atoms with Crippen LogP contribution in [0.1, 0.15) is 26.3 Å². The first-order chi connectivity index (χ1) is 10.7. The molecule has 0 aliphatic carbocycles. The molecule has 4 nitrogen and oxygen atoms in total. The highest BCUT2D eigenvalue weighted by molar-refractivity contribution is 6.21. The number of hydrogen-bond acceptors (Lipinski definition) is 3. The van der Waals surface area contributed by atoms with E-state index in [1.807, 2.05) is 30.3 Å². The van der Waals surface area contributed by atoms with E-state index in [4.69, 9.17) is 0 Å². The number of rotatable bonds is 2. The van der Waals surface area contributed by atoms with Crippen LogP contribution >= 0.6 is 0 Å². The van der Waals surface area contributed by atoms with Gasteiger partial charge in [-0.15, -0.1) is 0 Å². The second-order valence-electron chi connectivity index (χ2n) is 5.28. The molecule has 0 atom stereocenters. The minimum atomic E-state index is -0.242. The van der Waals surface area contributed by atoms with Gasteiger partial charge in [0.1, 0.15) is 0 Å². The van der Waals surface area contributed by atoms with E-state index >= 15 is 0 Å². The summed E-state index contributed by atoms with van der Waals surface area (Å²) in [4.78, 5) is 30.4. The van der Waals surface area contributed by atoms with Gasteiger partial charge in [0.05, 0.1) is 23.2 Å². The summed E-state index contributed by atoms with van der Waals surface area (Å²) in [6, 6.07) is 16.6. The maximum absolute atomic E-state index is 12.4. The van der Waals surface area contributed by atoms with Crippen molar-refractivity contribution in [1.82, 2.24) is 9.88 Å². The van der Waals surface area contributed by atoms with Crippen LogP contribution in [0, 0.1) is 0 Å². The van der Waals surface area contributed by atoms with Crippen LogP contribution in [-0.4, -0.2) is 21.7 Å². The predicted molar refractivity (Wildman–Crippen MR) is 82.4 cm³/mol. The number of fused-ring (bicyclic) bond motifs is 2. The van der Waals surface area contributed by atoms with Gasteiger partial charge >= 0.3 is 0 Å². The normalized spacial score (nSPS) is 13.7. The van der Waals surface area contributed by atoms with Gasteiger partial charge in [0, 0.05) is 11.6 Å². The van der Waals surface area contributed by atoms with Crippen molar-refractivity contribution in [2.45, 2.75) is 6.54 Å². The molecule has 22 heavy (non-hydrogen) atoms. The number of pyridine rings is 1. The summed E-state index contributed by atoms with van der Waals surface area (Å²) in [6.07, 6.45) is 1.71. The second kappa shape index (κ2) is 4.77. The van der Waals surface area contributed by atoms with Crippen LogP contribution in [-0.2, 0) is 6.54 Å². The fourth-order valence-corrected chi connectivity index (χ4v) is 2.77. The maximum atomic E-state index is 12.4. The standard InChI is InChI=1S/C18H12N2O2/c21-17-14-6-2-3-7-15(14)18(22)20(17)11-12-9-13-5-1-4-8-16(13)19-10-12/h1-10H,11H2. The second-order valence-corrected chi connectivity index (χ2v) is 5.28. The van der Waals surface area contributed by atoms with E-state index in [1.54, 1.807) is 30.5 Å². The van der Waals surface area contributed by atoms with E-state index in [-0.39, 0.29) is 18.4 Å². The smallest absolute Gasteiger partial charge is 0.261 e. The Hall–Kier alpha value is -3.01. The molecule has 4 rings (SSSR count). The molecule has 0 radical (unpaired) electrons. The Labute approximate surface area is 127 Å². The number of imide groups is 1. The van der Waals surface area contributed by atoms with Crippen molar-refractivity contribution in [1.29, 1.82) is 0 Å². The van der Waals surface area contributed by atoms with E-state index in [0.29, 0.717) is 11.1 Å². The van der Waals surface area contributed by atoms with Crippen LogP contribution < -0.4 is 0 Å². The van der Waals surface area contributed by atoms with Gasteiger partial charge in [-0.25, -0.2) is 0 Å². The molecule has 0 unspecified atom stereocenters. The lowest BCUT2D eigenvalue weighted by atomic mass is 10.1. The van der Waals surface area contributed by atoms with Crippen LogP contribution in [0.15, 0.2) is 60.8 Å². The molecule has 1 aliphatic heterocycles. The Kier molecular flexibility index (Phi) is 2.76. The quantitative estimate of drug-likeness (QED) is 0.681. The summed E-state index contributed by atoms with van der Waals surface area (Å²) in [6.45, 7) is 0.240. The molecule has 106 valence electrons. The zero-order chi connectivity index (χ0) is 15.1. The molecular formula is C18H12N2O2. The number of nitrogens with zero attached hydrogens (tertiary/aromatic N) is 2. The molecule has 3 aromatic rings. The van der Waals surface area contributed by atoms with Crippen LogP contribution in [0.4, 0.5) is 0 Å². The number of carbonyl (C=O) groups excluding carboxylic acids is 2. The van der Waals surface area contributed by atoms with Crippen molar-refractivity contribution >= 4 is 22.7 Å². The monoisotopic (exact) mass is 288 g/mol. The molecule has 4 heteroatoms. The van der Waals surface area contributed by atoms with E-state index in [2.05, 4.69) is 4.98 Å². The highest BCUT2D eigenvalue weighted by Gasteiger charge is 2.34. The fraction of sp³-hybridized carbons (Fsp3) is 0.0556. The van der Waals surface area contributed by atoms with Gasteiger partial charge in [0.2, 0.25) is 0 Å². The third-order valence-electron chi connectivity index (χ3n) is 3.87. The summed E-state index contributed by atoms with van der Waals surface area (Å²) in [5.41, 5.74) is 2.68. The lowest BCUT2D eigenvalue weighted by Gasteiger charge is -2.14. The fourth-order valence-electron chi connectivity index (χ4n) is 2.77. The lowest BCUT2D eigenvalue weighted by molar-refractivity contribution is 0.0642. The summed E-state index contributed by atoms with van der Waals surface area (Å²) in [5, 5.41) is 0.997. The highest BCUT2D eigenvalue weighted by Crippen LogP contribution is 2.24. The number of benzene rings is 2. The van der Waals surface area contributed by atoms with Crippen molar-refractivity contribution < 1.29 is 9.59 Å². The van der Waals surface area contributed by atoms with Crippen LogP contribution in [0.2, 0.25) is 0 Å². The third-order valence-corrected chi connectivity index (χ3v) is 3.87. The lowest BCUT2D eigenvalue weighted by Crippen LogP contribution is -2.29. The van der Waals surface area contributed by atoms with Crippen molar-refractivity contribution in [2.24, 2.45) is 0 Å². The summed E-state index contributed by atoms with van der Waals surface area (Å²) < 4.78 is 0. The van der Waals surface area contributed by atoms with E-state index in [1.165, 1.54) is 4.90 Å². The number of carbonyl (C=O) groups is 2. The van der Waals surface area contributed by atoms with Gasteiger partial charge in [-0.2, -0.15) is 0 Å². The largest absolute Gasteiger partial charge is 0.270 e. The SMILES string of the molecule is O=C1c2ccccc2C(=O)N1Cc1cnc2ccccc2c1. The average molecular weight is 288 g/mol. The first-order valence-corrected chi connectivity index (χ1v) is 7.03. The Bertz CT molecular complexity index is 883. The van der Waals surface area contributed by atoms with Gasteiger partial charge in [-0.3, -0.25) is 19.5 Å². The molecule has 0 fully saturated rings. The number of para-hydroxylation sites is 1. The Morgan fingerprint density at radius 3 is 2.23 bits per heavy atom. The summed E-state index contributed by atoms with van der Waals surface area (Å²) >= 11 is 0. The minimum Gasteiger partial charge on any atom is -0.270 e. The Morgan fingerprint density at radius 1 is 0.864 bits per heavy atom. The highest BCUT2D eigenvalue weighted by atomic mass is 16.2. The molecular weight excluding hydrogens is 276 g/mol. The maximum Gasteiger partial charge on any atom is 0.261 e. The van der Waals surface area contributed by atoms with Crippen molar-refractivity contribution in [3.8, 4) is 0 Å². The molecule has 2 amide bonds. The van der Waals surface area contributed by atoms with E-state index < -0.39 is 0 Å². The third kappa shape index (κ3) is 1.89. The zero-order valence-corrected chi connectivity index (χ0v) is 11.7. The van der Waals surface area contributed by atoms with Crippen molar-refractivity contribution in [3.05, 3.63) is 77.5 Å². The molecule has 0 saturated heterocycles. The average Bonchev–Trinajstić information content (AvgIpc) is 2.80. The van der Waals surface area contributed by atoms with Crippen LogP contribution in [0.3, 0.4) is 0 Å². The van der Waals surface area contributed by atoms with Gasteiger partial charge < -0.3 is 0 Å². The van der Waals surface area contributed by atoms with Gasteiger partial charge in [-0.05, 0) is 29.8 Å². The van der Waals surface area contributed by atoms with Crippen LogP contribution in [0.5, 0.6) is 0 Å². The molecule has 0 spiro atoms. The van der Waals surface area contributed by atoms with Gasteiger partial charge in [0.15, 0.2) is 0 Å². The van der Waals surface area contributed by atoms with Gasteiger partial charge in [-0.1, -0.05) is 30.3 Å². The number of aromatic nitrogens is 1. The van der Waals surface area contributed by atoms with Crippen LogP contribution in [0.25, 0.3) is 10.9 Å². The molecule has 2 aromatic carbocycles. The Morgan fingerprint density at radius 2 is 1.50 bits per heavy atom.